The zero-order valence-corrected chi connectivity index (χ0v) is 9.35. The van der Waals surface area contributed by atoms with Gasteiger partial charge in [0.15, 0.2) is 5.69 Å². The lowest BCUT2D eigenvalue weighted by molar-refractivity contribution is -0.274. The molecule has 0 amide bonds. The maximum Gasteiger partial charge on any atom is 0.573 e. The molecule has 0 saturated heterocycles. The van der Waals surface area contributed by atoms with Crippen molar-refractivity contribution in [3.63, 3.8) is 0 Å². The van der Waals surface area contributed by atoms with Crippen LogP contribution in [0.1, 0.15) is 5.69 Å². The first-order valence-electron chi connectivity index (χ1n) is 5.06. The highest BCUT2D eigenvalue weighted by molar-refractivity contribution is 5.59. The van der Waals surface area contributed by atoms with Gasteiger partial charge in [0.05, 0.1) is 18.1 Å². The van der Waals surface area contributed by atoms with Crippen molar-refractivity contribution in [1.29, 1.82) is 5.26 Å². The van der Waals surface area contributed by atoms with Crippen LogP contribution in [0.5, 0.6) is 5.75 Å². The third-order valence-electron chi connectivity index (χ3n) is 2.15. The van der Waals surface area contributed by atoms with Crippen LogP contribution in [0.25, 0.3) is 11.3 Å². The zero-order valence-electron chi connectivity index (χ0n) is 9.35. The van der Waals surface area contributed by atoms with Crippen molar-refractivity contribution in [2.75, 3.05) is 0 Å². The number of hydrogen-bond acceptors (Lipinski definition) is 4. The molecule has 0 aliphatic rings. The molecule has 0 saturated carbocycles. The minimum Gasteiger partial charge on any atom is -0.406 e. The number of nitrogens with zero attached hydrogens (tertiary/aromatic N) is 3. The van der Waals surface area contributed by atoms with Crippen molar-refractivity contribution in [3.05, 3.63) is 42.4 Å². The van der Waals surface area contributed by atoms with Crippen molar-refractivity contribution >= 4 is 0 Å². The normalized spacial score (nSPS) is 10.8. The molecular formula is C12H6F3N3O. The average Bonchev–Trinajstić information content (AvgIpc) is 2.38. The summed E-state index contributed by atoms with van der Waals surface area (Å²) in [4.78, 5) is 7.80. The maximum absolute atomic E-state index is 12.0. The Labute approximate surface area is 106 Å². The molecule has 96 valence electrons. The fourth-order valence-corrected chi connectivity index (χ4v) is 1.36. The lowest BCUT2D eigenvalue weighted by atomic mass is 10.1. The van der Waals surface area contributed by atoms with Gasteiger partial charge in [-0.15, -0.1) is 13.2 Å². The molecular weight excluding hydrogens is 259 g/mol. The first-order valence-corrected chi connectivity index (χ1v) is 5.06. The van der Waals surface area contributed by atoms with Gasteiger partial charge in [-0.25, -0.2) is 4.98 Å². The number of alkyl halides is 3. The number of nitriles is 1. The molecule has 0 aliphatic carbocycles. The van der Waals surface area contributed by atoms with E-state index >= 15 is 0 Å². The second-order valence-electron chi connectivity index (χ2n) is 3.47. The van der Waals surface area contributed by atoms with E-state index in [1.165, 1.54) is 36.7 Å². The van der Waals surface area contributed by atoms with E-state index < -0.39 is 6.36 Å². The van der Waals surface area contributed by atoms with E-state index in [2.05, 4.69) is 14.7 Å². The highest BCUT2D eigenvalue weighted by atomic mass is 19.4. The Hall–Kier alpha value is -2.62. The number of benzene rings is 1. The van der Waals surface area contributed by atoms with Crippen LogP contribution in [0.2, 0.25) is 0 Å². The Morgan fingerprint density at radius 2 is 1.74 bits per heavy atom. The predicted molar refractivity (Wildman–Crippen MR) is 58.9 cm³/mol. The first-order chi connectivity index (χ1) is 8.98. The standard InChI is InChI=1S/C12H6F3N3O/c13-12(14,15)19-10-3-1-8(2-4-10)11-7-17-9(5-16)6-18-11/h1-4,6-7H. The van der Waals surface area contributed by atoms with Crippen LogP contribution in [-0.2, 0) is 0 Å². The molecule has 1 heterocycles. The second-order valence-corrected chi connectivity index (χ2v) is 3.47. The van der Waals surface area contributed by atoms with Crippen molar-refractivity contribution in [1.82, 2.24) is 9.97 Å². The summed E-state index contributed by atoms with van der Waals surface area (Å²) in [6.45, 7) is 0. The van der Waals surface area contributed by atoms with Gasteiger partial charge in [0.2, 0.25) is 0 Å². The van der Waals surface area contributed by atoms with Gasteiger partial charge < -0.3 is 4.74 Å². The number of aromatic nitrogens is 2. The zero-order chi connectivity index (χ0) is 13.9. The van der Waals surface area contributed by atoms with Gasteiger partial charge >= 0.3 is 6.36 Å². The fourth-order valence-electron chi connectivity index (χ4n) is 1.36. The van der Waals surface area contributed by atoms with Crippen LogP contribution in [-0.4, -0.2) is 16.3 Å². The molecule has 7 heteroatoms. The van der Waals surface area contributed by atoms with Crippen molar-refractivity contribution in [2.45, 2.75) is 6.36 Å². The second kappa shape index (κ2) is 4.94. The first kappa shape index (κ1) is 12.8. The Morgan fingerprint density at radius 3 is 2.21 bits per heavy atom. The Bertz CT molecular complexity index is 600. The van der Waals surface area contributed by atoms with Gasteiger partial charge in [-0.3, -0.25) is 4.98 Å². The Balaban J connectivity index is 2.20. The molecule has 0 aliphatic heterocycles. The largest absolute Gasteiger partial charge is 0.573 e. The molecule has 0 atom stereocenters. The van der Waals surface area contributed by atoms with Crippen molar-refractivity contribution in [2.24, 2.45) is 0 Å². The van der Waals surface area contributed by atoms with Gasteiger partial charge in [0.1, 0.15) is 11.8 Å². The predicted octanol–water partition coefficient (Wildman–Crippen LogP) is 2.91. The van der Waals surface area contributed by atoms with Gasteiger partial charge in [-0.1, -0.05) is 0 Å². The number of ether oxygens (including phenoxy) is 1. The van der Waals surface area contributed by atoms with Gasteiger partial charge in [0, 0.05) is 5.56 Å². The van der Waals surface area contributed by atoms with E-state index in [9.17, 15) is 13.2 Å². The SMILES string of the molecule is N#Cc1cnc(-c2ccc(OC(F)(F)F)cc2)cn1. The highest BCUT2D eigenvalue weighted by Crippen LogP contribution is 2.25. The molecule has 1 aromatic carbocycles. The summed E-state index contributed by atoms with van der Waals surface area (Å²) in [7, 11) is 0. The van der Waals surface area contributed by atoms with Gasteiger partial charge in [-0.05, 0) is 24.3 Å². The quantitative estimate of drug-likeness (QED) is 0.837. The van der Waals surface area contributed by atoms with E-state index in [-0.39, 0.29) is 11.4 Å². The molecule has 2 rings (SSSR count). The van der Waals surface area contributed by atoms with E-state index in [1.807, 2.05) is 6.07 Å². The molecule has 0 spiro atoms. The number of hydrogen-bond donors (Lipinski definition) is 0. The molecule has 0 fully saturated rings. The van der Waals surface area contributed by atoms with Crippen LogP contribution < -0.4 is 4.74 Å². The van der Waals surface area contributed by atoms with E-state index in [0.717, 1.165) is 0 Å². The smallest absolute Gasteiger partial charge is 0.406 e. The topological polar surface area (TPSA) is 58.8 Å². The van der Waals surface area contributed by atoms with Crippen molar-refractivity contribution < 1.29 is 17.9 Å². The summed E-state index contributed by atoms with van der Waals surface area (Å²) in [6.07, 6.45) is -2.05. The maximum atomic E-state index is 12.0. The van der Waals surface area contributed by atoms with Crippen LogP contribution in [0.4, 0.5) is 13.2 Å². The van der Waals surface area contributed by atoms with Crippen molar-refractivity contribution in [3.8, 4) is 23.1 Å². The van der Waals surface area contributed by atoms with E-state index in [0.29, 0.717) is 11.3 Å². The van der Waals surface area contributed by atoms with Crippen LogP contribution in [0.15, 0.2) is 36.7 Å². The molecule has 0 radical (unpaired) electrons. The summed E-state index contributed by atoms with van der Waals surface area (Å²) in [5.41, 5.74) is 1.20. The summed E-state index contributed by atoms with van der Waals surface area (Å²) in [5.74, 6) is -0.308. The molecule has 0 unspecified atom stereocenters. The molecule has 1 aromatic heterocycles. The summed E-state index contributed by atoms with van der Waals surface area (Å²) in [6, 6.07) is 7.04. The average molecular weight is 265 g/mol. The molecule has 0 bridgehead atoms. The minimum atomic E-state index is -4.71. The molecule has 0 N–H and O–H groups in total. The molecule has 19 heavy (non-hydrogen) atoms. The summed E-state index contributed by atoms with van der Waals surface area (Å²) >= 11 is 0. The van der Waals surface area contributed by atoms with Crippen LogP contribution in [0.3, 0.4) is 0 Å². The summed E-state index contributed by atoms with van der Waals surface area (Å²) in [5, 5.41) is 8.57. The highest BCUT2D eigenvalue weighted by Gasteiger charge is 2.30. The minimum absolute atomic E-state index is 0.167. The fraction of sp³-hybridized carbons (Fsp3) is 0.0833. The van der Waals surface area contributed by atoms with Crippen LogP contribution in [0, 0.1) is 11.3 Å². The lowest BCUT2D eigenvalue weighted by Gasteiger charge is -2.08. The van der Waals surface area contributed by atoms with Gasteiger partial charge in [-0.2, -0.15) is 5.26 Å². The van der Waals surface area contributed by atoms with E-state index in [1.54, 1.807) is 0 Å². The molecule has 4 nitrogen and oxygen atoms in total. The number of halogens is 3. The third kappa shape index (κ3) is 3.42. The van der Waals surface area contributed by atoms with Gasteiger partial charge in [0.25, 0.3) is 0 Å². The Kier molecular flexibility index (Phi) is 3.33. The Morgan fingerprint density at radius 1 is 1.05 bits per heavy atom. The van der Waals surface area contributed by atoms with E-state index in [4.69, 9.17) is 5.26 Å². The summed E-state index contributed by atoms with van der Waals surface area (Å²) < 4.78 is 39.7. The van der Waals surface area contributed by atoms with Crippen LogP contribution >= 0.6 is 0 Å². The number of rotatable bonds is 2. The molecule has 2 aromatic rings. The third-order valence-corrected chi connectivity index (χ3v) is 2.15. The lowest BCUT2D eigenvalue weighted by Crippen LogP contribution is -2.16. The monoisotopic (exact) mass is 265 g/mol.